The lowest BCUT2D eigenvalue weighted by atomic mass is 9.92. The van der Waals surface area contributed by atoms with E-state index in [1.165, 1.54) is 6.42 Å². The molecule has 1 saturated heterocycles. The van der Waals surface area contributed by atoms with Crippen molar-refractivity contribution in [2.24, 2.45) is 0 Å². The van der Waals surface area contributed by atoms with E-state index in [0.29, 0.717) is 18.2 Å². The normalized spacial score (nSPS) is 25.8. The van der Waals surface area contributed by atoms with Crippen molar-refractivity contribution in [1.82, 2.24) is 14.5 Å². The highest BCUT2D eigenvalue weighted by Crippen LogP contribution is 2.40. The van der Waals surface area contributed by atoms with Crippen molar-refractivity contribution >= 4 is 21.0 Å². The Morgan fingerprint density at radius 2 is 2.00 bits per heavy atom. The first-order valence-electron chi connectivity index (χ1n) is 7.71. The Balaban J connectivity index is 1.91. The molecule has 5 nitrogen and oxygen atoms in total. The molecular formula is C15H19N3O2S. The molecule has 2 aromatic heterocycles. The number of rotatable bonds is 2. The summed E-state index contributed by atoms with van der Waals surface area (Å²) in [5.74, 6) is 1.02. The fraction of sp³-hybridized carbons (Fsp3) is 0.600. The van der Waals surface area contributed by atoms with Crippen LogP contribution in [0.2, 0.25) is 0 Å². The Morgan fingerprint density at radius 1 is 1.14 bits per heavy atom. The number of fused-ring (bicyclic) bond motifs is 1. The van der Waals surface area contributed by atoms with E-state index in [-0.39, 0.29) is 0 Å². The molecule has 1 atom stereocenters. The molecule has 112 valence electrons. The molecule has 1 saturated carbocycles. The number of hydrogen-bond donors (Lipinski definition) is 0. The fourth-order valence-corrected chi connectivity index (χ4v) is 5.33. The van der Waals surface area contributed by atoms with Crippen molar-refractivity contribution in [3.8, 4) is 0 Å². The molecule has 1 aliphatic heterocycles. The lowest BCUT2D eigenvalue weighted by molar-refractivity contribution is 0.309. The van der Waals surface area contributed by atoms with Crippen LogP contribution in [-0.2, 0) is 9.84 Å². The van der Waals surface area contributed by atoms with Crippen molar-refractivity contribution in [2.75, 3.05) is 5.75 Å². The average Bonchev–Trinajstić information content (AvgIpc) is 2.76. The van der Waals surface area contributed by atoms with E-state index in [9.17, 15) is 8.42 Å². The summed E-state index contributed by atoms with van der Waals surface area (Å²) in [6.45, 7) is 0. The quantitative estimate of drug-likeness (QED) is 0.856. The standard InChI is InChI=1S/C15H19N3O2S/c19-21(20)10-2-1-8-13(21)15-17-12-7-4-9-16-14(12)18(15)11-5-3-6-11/h4,7,9,11,13H,1-3,5-6,8,10H2. The monoisotopic (exact) mass is 305 g/mol. The Kier molecular flexibility index (Phi) is 3.03. The van der Waals surface area contributed by atoms with Crippen LogP contribution in [-0.4, -0.2) is 28.7 Å². The fourth-order valence-electron chi connectivity index (χ4n) is 3.42. The van der Waals surface area contributed by atoms with Gasteiger partial charge in [-0.25, -0.2) is 18.4 Å². The van der Waals surface area contributed by atoms with E-state index in [2.05, 4.69) is 14.5 Å². The second kappa shape index (κ2) is 4.80. The van der Waals surface area contributed by atoms with Gasteiger partial charge in [-0.2, -0.15) is 0 Å². The molecule has 0 aromatic carbocycles. The van der Waals surface area contributed by atoms with Gasteiger partial charge in [0.05, 0.1) is 5.75 Å². The van der Waals surface area contributed by atoms with E-state index >= 15 is 0 Å². The zero-order valence-electron chi connectivity index (χ0n) is 11.9. The van der Waals surface area contributed by atoms with Crippen LogP contribution in [0.1, 0.15) is 55.6 Å². The van der Waals surface area contributed by atoms with E-state index in [1.54, 1.807) is 6.20 Å². The minimum atomic E-state index is -3.08. The molecule has 1 unspecified atom stereocenters. The van der Waals surface area contributed by atoms with E-state index < -0.39 is 15.1 Å². The van der Waals surface area contributed by atoms with Crippen molar-refractivity contribution in [1.29, 1.82) is 0 Å². The molecule has 4 rings (SSSR count). The van der Waals surface area contributed by atoms with Gasteiger partial charge in [0.15, 0.2) is 15.5 Å². The van der Waals surface area contributed by atoms with Crippen LogP contribution in [0.5, 0.6) is 0 Å². The average molecular weight is 305 g/mol. The first-order chi connectivity index (χ1) is 10.2. The summed E-state index contributed by atoms with van der Waals surface area (Å²) in [4.78, 5) is 9.11. The van der Waals surface area contributed by atoms with Crippen molar-refractivity contribution in [2.45, 2.75) is 49.8 Å². The minimum Gasteiger partial charge on any atom is -0.308 e. The van der Waals surface area contributed by atoms with Crippen LogP contribution >= 0.6 is 0 Å². The van der Waals surface area contributed by atoms with Crippen LogP contribution in [0, 0.1) is 0 Å². The van der Waals surface area contributed by atoms with E-state index in [0.717, 1.165) is 42.7 Å². The lowest BCUT2D eigenvalue weighted by Crippen LogP contribution is -2.27. The van der Waals surface area contributed by atoms with Crippen LogP contribution in [0.4, 0.5) is 0 Å². The van der Waals surface area contributed by atoms with Gasteiger partial charge in [0.25, 0.3) is 0 Å². The molecule has 2 aromatic rings. The number of hydrogen-bond acceptors (Lipinski definition) is 4. The molecule has 0 bridgehead atoms. The maximum atomic E-state index is 12.5. The summed E-state index contributed by atoms with van der Waals surface area (Å²) < 4.78 is 27.1. The molecule has 1 aliphatic carbocycles. The third-order valence-electron chi connectivity index (χ3n) is 4.78. The molecule has 0 radical (unpaired) electrons. The second-order valence-electron chi connectivity index (χ2n) is 6.12. The Bertz CT molecular complexity index is 777. The highest BCUT2D eigenvalue weighted by molar-refractivity contribution is 7.91. The van der Waals surface area contributed by atoms with Gasteiger partial charge in [-0.3, -0.25) is 0 Å². The third kappa shape index (κ3) is 2.08. The number of sulfone groups is 1. The second-order valence-corrected chi connectivity index (χ2v) is 8.43. The van der Waals surface area contributed by atoms with E-state index in [1.807, 2.05) is 12.1 Å². The van der Waals surface area contributed by atoms with Gasteiger partial charge >= 0.3 is 0 Å². The summed E-state index contributed by atoms with van der Waals surface area (Å²) in [7, 11) is -3.08. The summed E-state index contributed by atoms with van der Waals surface area (Å²) in [6.07, 6.45) is 7.60. The summed E-state index contributed by atoms with van der Waals surface area (Å²) in [5.41, 5.74) is 1.66. The predicted octanol–water partition coefficient (Wildman–Crippen LogP) is 2.80. The zero-order valence-corrected chi connectivity index (χ0v) is 12.7. The Labute approximate surface area is 124 Å². The Hall–Kier alpha value is -1.43. The molecule has 0 amide bonds. The lowest BCUT2D eigenvalue weighted by Gasteiger charge is -2.31. The topological polar surface area (TPSA) is 64.8 Å². The number of aromatic nitrogens is 3. The zero-order chi connectivity index (χ0) is 14.4. The maximum absolute atomic E-state index is 12.5. The third-order valence-corrected chi connectivity index (χ3v) is 6.95. The van der Waals surface area contributed by atoms with Gasteiger partial charge < -0.3 is 4.57 Å². The SMILES string of the molecule is O=S1(=O)CCCCC1c1nc2cccnc2n1C1CCC1. The van der Waals surface area contributed by atoms with Crippen LogP contribution < -0.4 is 0 Å². The number of pyridine rings is 1. The summed E-state index contributed by atoms with van der Waals surface area (Å²) in [5, 5.41) is -0.443. The first kappa shape index (κ1) is 13.2. The maximum Gasteiger partial charge on any atom is 0.160 e. The molecule has 2 fully saturated rings. The molecule has 0 N–H and O–H groups in total. The highest BCUT2D eigenvalue weighted by Gasteiger charge is 2.36. The van der Waals surface area contributed by atoms with Crippen molar-refractivity contribution < 1.29 is 8.42 Å². The largest absolute Gasteiger partial charge is 0.308 e. The summed E-state index contributed by atoms with van der Waals surface area (Å²) >= 11 is 0. The smallest absolute Gasteiger partial charge is 0.160 e. The number of nitrogens with zero attached hydrogens (tertiary/aromatic N) is 3. The molecular weight excluding hydrogens is 286 g/mol. The van der Waals surface area contributed by atoms with Gasteiger partial charge in [0.2, 0.25) is 0 Å². The molecule has 2 aliphatic rings. The minimum absolute atomic E-state index is 0.291. The van der Waals surface area contributed by atoms with Crippen molar-refractivity contribution in [3.63, 3.8) is 0 Å². The molecule has 21 heavy (non-hydrogen) atoms. The first-order valence-corrected chi connectivity index (χ1v) is 9.43. The molecule has 3 heterocycles. The molecule has 6 heteroatoms. The van der Waals surface area contributed by atoms with Gasteiger partial charge in [-0.15, -0.1) is 0 Å². The Morgan fingerprint density at radius 3 is 2.71 bits per heavy atom. The van der Waals surface area contributed by atoms with Gasteiger partial charge in [-0.05, 0) is 44.2 Å². The summed E-state index contributed by atoms with van der Waals surface area (Å²) in [6, 6.07) is 4.16. The van der Waals surface area contributed by atoms with Gasteiger partial charge in [0.1, 0.15) is 16.6 Å². The predicted molar refractivity (Wildman–Crippen MR) is 80.8 cm³/mol. The van der Waals surface area contributed by atoms with Crippen LogP contribution in [0.25, 0.3) is 11.2 Å². The van der Waals surface area contributed by atoms with Gasteiger partial charge in [-0.1, -0.05) is 6.42 Å². The van der Waals surface area contributed by atoms with E-state index in [4.69, 9.17) is 0 Å². The molecule has 0 spiro atoms. The van der Waals surface area contributed by atoms with Crippen LogP contribution in [0.15, 0.2) is 18.3 Å². The highest BCUT2D eigenvalue weighted by atomic mass is 32.2. The number of imidazole rings is 1. The van der Waals surface area contributed by atoms with Gasteiger partial charge in [0, 0.05) is 12.2 Å². The van der Waals surface area contributed by atoms with Crippen molar-refractivity contribution in [3.05, 3.63) is 24.2 Å². The van der Waals surface area contributed by atoms with Crippen LogP contribution in [0.3, 0.4) is 0 Å².